The number of hydrogen-bond acceptors (Lipinski definition) is 3. The Morgan fingerprint density at radius 2 is 2.10 bits per heavy atom. The molecule has 4 heteroatoms. The molecule has 2 aliphatic rings. The van der Waals surface area contributed by atoms with Crippen molar-refractivity contribution in [1.29, 1.82) is 0 Å². The van der Waals surface area contributed by atoms with Crippen molar-refractivity contribution in [2.45, 2.75) is 26.2 Å². The standard InChI is InChI=1S/C16H17ClO3/c1-10-3-2-4-12(15(10)18)7-11-8-13(17)16-14(9-11)19-5-6-20-16/h7-10H,2-6H2,1H3/b12-7+/t10-/m1/s1. The first-order chi connectivity index (χ1) is 9.65. The number of allylic oxidation sites excluding steroid dienone is 1. The molecule has 1 aliphatic heterocycles. The van der Waals surface area contributed by atoms with Gasteiger partial charge in [-0.05, 0) is 48.6 Å². The molecule has 20 heavy (non-hydrogen) atoms. The maximum atomic E-state index is 12.1. The van der Waals surface area contributed by atoms with Crippen LogP contribution in [0.5, 0.6) is 11.5 Å². The van der Waals surface area contributed by atoms with Crippen molar-refractivity contribution in [3.05, 3.63) is 28.3 Å². The summed E-state index contributed by atoms with van der Waals surface area (Å²) in [6, 6.07) is 3.72. The van der Waals surface area contributed by atoms with Crippen LogP contribution in [0.2, 0.25) is 5.02 Å². The predicted octanol–water partition coefficient (Wildman–Crippen LogP) is 3.88. The Hall–Kier alpha value is -1.48. The molecule has 1 saturated carbocycles. The van der Waals surface area contributed by atoms with Crippen LogP contribution in [-0.2, 0) is 4.79 Å². The van der Waals surface area contributed by atoms with Gasteiger partial charge < -0.3 is 9.47 Å². The van der Waals surface area contributed by atoms with E-state index < -0.39 is 0 Å². The highest BCUT2D eigenvalue weighted by Gasteiger charge is 2.23. The Kier molecular flexibility index (Phi) is 3.70. The van der Waals surface area contributed by atoms with Crippen LogP contribution in [0.4, 0.5) is 0 Å². The van der Waals surface area contributed by atoms with Gasteiger partial charge in [-0.25, -0.2) is 0 Å². The van der Waals surface area contributed by atoms with Crippen molar-refractivity contribution in [1.82, 2.24) is 0 Å². The van der Waals surface area contributed by atoms with Gasteiger partial charge in [-0.3, -0.25) is 4.79 Å². The molecule has 3 rings (SSSR count). The van der Waals surface area contributed by atoms with E-state index in [-0.39, 0.29) is 11.7 Å². The fourth-order valence-corrected chi connectivity index (χ4v) is 3.00. The number of halogens is 1. The highest BCUT2D eigenvalue weighted by atomic mass is 35.5. The first kappa shape index (κ1) is 13.5. The third-order valence-electron chi connectivity index (χ3n) is 3.81. The molecule has 0 radical (unpaired) electrons. The highest BCUT2D eigenvalue weighted by molar-refractivity contribution is 6.32. The lowest BCUT2D eigenvalue weighted by Crippen LogP contribution is -2.18. The maximum absolute atomic E-state index is 12.1. The first-order valence-electron chi connectivity index (χ1n) is 6.99. The second-order valence-electron chi connectivity index (χ2n) is 5.35. The van der Waals surface area contributed by atoms with Gasteiger partial charge in [0, 0.05) is 5.92 Å². The third kappa shape index (κ3) is 2.55. The topological polar surface area (TPSA) is 35.5 Å². The van der Waals surface area contributed by atoms with Gasteiger partial charge >= 0.3 is 0 Å². The summed E-state index contributed by atoms with van der Waals surface area (Å²) in [6.45, 7) is 3.04. The molecule has 106 valence electrons. The van der Waals surface area contributed by atoms with Crippen molar-refractivity contribution in [2.24, 2.45) is 5.92 Å². The van der Waals surface area contributed by atoms with Gasteiger partial charge in [-0.2, -0.15) is 0 Å². The SMILES string of the molecule is C[C@@H]1CCC/C(=C\c2cc(Cl)c3c(c2)OCCO3)C1=O. The fourth-order valence-electron chi connectivity index (χ4n) is 2.73. The van der Waals surface area contributed by atoms with E-state index in [4.69, 9.17) is 21.1 Å². The van der Waals surface area contributed by atoms with E-state index in [2.05, 4.69) is 0 Å². The Bertz CT molecular complexity index is 577. The molecule has 0 aromatic heterocycles. The van der Waals surface area contributed by atoms with Crippen LogP contribution in [0.3, 0.4) is 0 Å². The van der Waals surface area contributed by atoms with Crippen molar-refractivity contribution in [3.63, 3.8) is 0 Å². The largest absolute Gasteiger partial charge is 0.486 e. The van der Waals surface area contributed by atoms with Crippen LogP contribution in [0.25, 0.3) is 6.08 Å². The van der Waals surface area contributed by atoms with E-state index in [0.29, 0.717) is 29.7 Å². The van der Waals surface area contributed by atoms with E-state index in [0.717, 1.165) is 30.4 Å². The molecule has 1 aliphatic carbocycles. The van der Waals surface area contributed by atoms with E-state index in [1.54, 1.807) is 0 Å². The normalized spacial score (nSPS) is 24.0. The van der Waals surface area contributed by atoms with Crippen molar-refractivity contribution < 1.29 is 14.3 Å². The van der Waals surface area contributed by atoms with Crippen molar-refractivity contribution in [3.8, 4) is 11.5 Å². The lowest BCUT2D eigenvalue weighted by molar-refractivity contribution is -0.119. The predicted molar refractivity (Wildman–Crippen MR) is 78.4 cm³/mol. The number of ether oxygens (including phenoxy) is 2. The summed E-state index contributed by atoms with van der Waals surface area (Å²) in [5.74, 6) is 1.64. The molecular formula is C16H17ClO3. The molecular weight excluding hydrogens is 276 g/mol. The van der Waals surface area contributed by atoms with E-state index in [1.165, 1.54) is 0 Å². The van der Waals surface area contributed by atoms with Gasteiger partial charge in [0.25, 0.3) is 0 Å². The van der Waals surface area contributed by atoms with Gasteiger partial charge in [0.1, 0.15) is 13.2 Å². The number of benzene rings is 1. The molecule has 1 aromatic carbocycles. The van der Waals surface area contributed by atoms with Gasteiger partial charge in [-0.15, -0.1) is 0 Å². The Labute approximate surface area is 123 Å². The first-order valence-corrected chi connectivity index (χ1v) is 7.37. The second kappa shape index (κ2) is 5.49. The average Bonchev–Trinajstić information content (AvgIpc) is 2.44. The van der Waals surface area contributed by atoms with Crippen LogP contribution in [0.1, 0.15) is 31.7 Å². The maximum Gasteiger partial charge on any atom is 0.179 e. The molecule has 1 atom stereocenters. The van der Waals surface area contributed by atoms with E-state index >= 15 is 0 Å². The van der Waals surface area contributed by atoms with Gasteiger partial charge in [0.2, 0.25) is 0 Å². The fraction of sp³-hybridized carbons (Fsp3) is 0.438. The van der Waals surface area contributed by atoms with Crippen molar-refractivity contribution >= 4 is 23.5 Å². The zero-order valence-corrected chi connectivity index (χ0v) is 12.2. The molecule has 0 bridgehead atoms. The van der Waals surface area contributed by atoms with Gasteiger partial charge in [-0.1, -0.05) is 18.5 Å². The van der Waals surface area contributed by atoms with E-state index in [9.17, 15) is 4.79 Å². The average molecular weight is 293 g/mol. The summed E-state index contributed by atoms with van der Waals surface area (Å²) in [7, 11) is 0. The zero-order valence-electron chi connectivity index (χ0n) is 11.4. The number of fused-ring (bicyclic) bond motifs is 1. The van der Waals surface area contributed by atoms with Crippen molar-refractivity contribution in [2.75, 3.05) is 13.2 Å². The molecule has 0 N–H and O–H groups in total. The second-order valence-corrected chi connectivity index (χ2v) is 5.76. The quantitative estimate of drug-likeness (QED) is 0.737. The summed E-state index contributed by atoms with van der Waals surface area (Å²) < 4.78 is 11.1. The zero-order chi connectivity index (χ0) is 14.1. The summed E-state index contributed by atoms with van der Waals surface area (Å²) in [5, 5.41) is 0.533. The summed E-state index contributed by atoms with van der Waals surface area (Å²) in [4.78, 5) is 12.1. The number of carbonyl (C=O) groups excluding carboxylic acids is 1. The van der Waals surface area contributed by atoms with Crippen LogP contribution in [-0.4, -0.2) is 19.0 Å². The Morgan fingerprint density at radius 1 is 1.30 bits per heavy atom. The van der Waals surface area contributed by atoms with Gasteiger partial charge in [0.05, 0.1) is 5.02 Å². The van der Waals surface area contributed by atoms with E-state index in [1.807, 2.05) is 25.1 Å². The smallest absolute Gasteiger partial charge is 0.179 e. The third-order valence-corrected chi connectivity index (χ3v) is 4.09. The molecule has 0 unspecified atom stereocenters. The molecule has 0 spiro atoms. The minimum atomic E-state index is 0.127. The Morgan fingerprint density at radius 3 is 2.95 bits per heavy atom. The number of Topliss-reactive ketones (excluding diaryl/α,β-unsaturated/α-hetero) is 1. The molecule has 0 amide bonds. The van der Waals surface area contributed by atoms with Crippen LogP contribution in [0.15, 0.2) is 17.7 Å². The Balaban J connectivity index is 1.94. The number of ketones is 1. The number of rotatable bonds is 1. The lowest BCUT2D eigenvalue weighted by atomic mass is 9.84. The van der Waals surface area contributed by atoms with Crippen LogP contribution in [0, 0.1) is 5.92 Å². The number of hydrogen-bond donors (Lipinski definition) is 0. The summed E-state index contributed by atoms with van der Waals surface area (Å²) in [5.41, 5.74) is 1.79. The lowest BCUT2D eigenvalue weighted by Gasteiger charge is -2.21. The van der Waals surface area contributed by atoms with Crippen LogP contribution < -0.4 is 9.47 Å². The molecule has 1 aromatic rings. The molecule has 1 heterocycles. The molecule has 3 nitrogen and oxygen atoms in total. The minimum absolute atomic E-state index is 0.127. The van der Waals surface area contributed by atoms with Crippen LogP contribution >= 0.6 is 11.6 Å². The number of carbonyl (C=O) groups is 1. The molecule has 0 saturated heterocycles. The van der Waals surface area contributed by atoms with Gasteiger partial charge in [0.15, 0.2) is 17.3 Å². The summed E-state index contributed by atoms with van der Waals surface area (Å²) in [6.07, 6.45) is 4.83. The molecule has 1 fully saturated rings. The highest BCUT2D eigenvalue weighted by Crippen LogP contribution is 2.39. The summed E-state index contributed by atoms with van der Waals surface area (Å²) >= 11 is 6.21. The monoisotopic (exact) mass is 292 g/mol. The minimum Gasteiger partial charge on any atom is -0.486 e.